The third-order valence-electron chi connectivity index (χ3n) is 2.69. The minimum Gasteiger partial charge on any atom is -0.481 e. The SMILES string of the molecule is CCC(CC(=O)O)NC(=S)Nc1ccc(Cl)cc1C. The number of aliphatic carboxylic acids is 1. The summed E-state index contributed by atoms with van der Waals surface area (Å²) in [7, 11) is 0. The van der Waals surface area contributed by atoms with E-state index in [1.165, 1.54) is 0 Å². The van der Waals surface area contributed by atoms with Crippen molar-refractivity contribution in [3.05, 3.63) is 28.8 Å². The highest BCUT2D eigenvalue weighted by Crippen LogP contribution is 2.19. The fraction of sp³-hybridized carbons (Fsp3) is 0.385. The second-order valence-electron chi connectivity index (χ2n) is 4.26. The highest BCUT2D eigenvalue weighted by molar-refractivity contribution is 7.80. The Balaban J connectivity index is 2.61. The number of thiocarbonyl (C=S) groups is 1. The summed E-state index contributed by atoms with van der Waals surface area (Å²) in [5.41, 5.74) is 1.83. The molecule has 0 aliphatic heterocycles. The maximum absolute atomic E-state index is 10.7. The molecule has 0 bridgehead atoms. The van der Waals surface area contributed by atoms with Crippen molar-refractivity contribution in [3.63, 3.8) is 0 Å². The van der Waals surface area contributed by atoms with Crippen LogP contribution >= 0.6 is 23.8 Å². The highest BCUT2D eigenvalue weighted by Gasteiger charge is 2.12. The Bertz CT molecular complexity index is 480. The van der Waals surface area contributed by atoms with Crippen LogP contribution in [0.1, 0.15) is 25.3 Å². The monoisotopic (exact) mass is 300 g/mol. The smallest absolute Gasteiger partial charge is 0.305 e. The van der Waals surface area contributed by atoms with Gasteiger partial charge in [-0.3, -0.25) is 4.79 Å². The number of rotatable bonds is 5. The molecule has 0 saturated carbocycles. The first-order valence-electron chi connectivity index (χ1n) is 5.97. The molecule has 0 aliphatic rings. The Morgan fingerprint density at radius 1 is 1.53 bits per heavy atom. The van der Waals surface area contributed by atoms with Crippen molar-refractivity contribution in [3.8, 4) is 0 Å². The number of halogens is 1. The molecule has 1 unspecified atom stereocenters. The van der Waals surface area contributed by atoms with E-state index in [1.807, 2.05) is 26.0 Å². The van der Waals surface area contributed by atoms with E-state index in [9.17, 15) is 4.79 Å². The molecule has 4 nitrogen and oxygen atoms in total. The molecular formula is C13H17ClN2O2S. The molecule has 0 aromatic heterocycles. The van der Waals surface area contributed by atoms with E-state index in [1.54, 1.807) is 6.07 Å². The molecule has 0 fully saturated rings. The molecule has 6 heteroatoms. The highest BCUT2D eigenvalue weighted by atomic mass is 35.5. The van der Waals surface area contributed by atoms with Gasteiger partial charge in [-0.05, 0) is 49.3 Å². The number of carbonyl (C=O) groups is 1. The number of nitrogens with one attached hydrogen (secondary N) is 2. The predicted octanol–water partition coefficient (Wildman–Crippen LogP) is 3.19. The lowest BCUT2D eigenvalue weighted by Crippen LogP contribution is -2.38. The van der Waals surface area contributed by atoms with Crippen LogP contribution in [0.15, 0.2) is 18.2 Å². The van der Waals surface area contributed by atoms with E-state index < -0.39 is 5.97 Å². The molecule has 1 rings (SSSR count). The Kier molecular flexibility index (Phi) is 6.05. The zero-order valence-electron chi connectivity index (χ0n) is 10.9. The maximum Gasteiger partial charge on any atom is 0.305 e. The Morgan fingerprint density at radius 3 is 2.74 bits per heavy atom. The van der Waals surface area contributed by atoms with Crippen LogP contribution in [0, 0.1) is 6.92 Å². The van der Waals surface area contributed by atoms with Gasteiger partial charge in [0, 0.05) is 16.8 Å². The molecule has 1 aromatic carbocycles. The Labute approximate surface area is 123 Å². The normalized spacial score (nSPS) is 11.7. The third kappa shape index (κ3) is 5.44. The quantitative estimate of drug-likeness (QED) is 0.729. The topological polar surface area (TPSA) is 61.4 Å². The van der Waals surface area contributed by atoms with Crippen molar-refractivity contribution in [2.75, 3.05) is 5.32 Å². The maximum atomic E-state index is 10.7. The van der Waals surface area contributed by atoms with Crippen LogP contribution in [-0.2, 0) is 4.79 Å². The van der Waals surface area contributed by atoms with Gasteiger partial charge in [-0.15, -0.1) is 0 Å². The van der Waals surface area contributed by atoms with Gasteiger partial charge in [0.1, 0.15) is 0 Å². The second kappa shape index (κ2) is 7.31. The van der Waals surface area contributed by atoms with Crippen molar-refractivity contribution in [1.29, 1.82) is 0 Å². The van der Waals surface area contributed by atoms with Crippen molar-refractivity contribution in [2.45, 2.75) is 32.7 Å². The largest absolute Gasteiger partial charge is 0.481 e. The first-order valence-corrected chi connectivity index (χ1v) is 6.76. The first-order chi connectivity index (χ1) is 8.92. The molecule has 3 N–H and O–H groups in total. The summed E-state index contributed by atoms with van der Waals surface area (Å²) in [6.07, 6.45) is 0.728. The zero-order valence-corrected chi connectivity index (χ0v) is 12.4. The Morgan fingerprint density at radius 2 is 2.21 bits per heavy atom. The second-order valence-corrected chi connectivity index (χ2v) is 5.11. The number of aryl methyl sites for hydroxylation is 1. The van der Waals surface area contributed by atoms with Crippen LogP contribution in [0.5, 0.6) is 0 Å². The number of carboxylic acids is 1. The fourth-order valence-electron chi connectivity index (χ4n) is 1.62. The lowest BCUT2D eigenvalue weighted by molar-refractivity contribution is -0.137. The number of hydrogen-bond donors (Lipinski definition) is 3. The van der Waals surface area contributed by atoms with Gasteiger partial charge in [0.25, 0.3) is 0 Å². The fourth-order valence-corrected chi connectivity index (χ4v) is 2.12. The van der Waals surface area contributed by atoms with Gasteiger partial charge in [0.15, 0.2) is 5.11 Å². The van der Waals surface area contributed by atoms with Crippen LogP contribution < -0.4 is 10.6 Å². The van der Waals surface area contributed by atoms with Crippen LogP contribution in [0.3, 0.4) is 0 Å². The molecule has 0 heterocycles. The lowest BCUT2D eigenvalue weighted by Gasteiger charge is -2.18. The number of carboxylic acid groups (broad SMARTS) is 1. The summed E-state index contributed by atoms with van der Waals surface area (Å²) in [4.78, 5) is 10.7. The van der Waals surface area contributed by atoms with E-state index in [-0.39, 0.29) is 12.5 Å². The van der Waals surface area contributed by atoms with Gasteiger partial charge in [-0.2, -0.15) is 0 Å². The summed E-state index contributed by atoms with van der Waals surface area (Å²) in [5.74, 6) is -0.843. The van der Waals surface area contributed by atoms with Crippen LogP contribution in [-0.4, -0.2) is 22.2 Å². The van der Waals surface area contributed by atoms with Gasteiger partial charge in [-0.1, -0.05) is 18.5 Å². The molecule has 0 aliphatic carbocycles. The van der Waals surface area contributed by atoms with Gasteiger partial charge in [0.05, 0.1) is 6.42 Å². The standard InChI is InChI=1S/C13H17ClN2O2S/c1-3-10(7-12(17)18)15-13(19)16-11-5-4-9(14)6-8(11)2/h4-6,10H,3,7H2,1-2H3,(H,17,18)(H2,15,16,19). The van der Waals surface area contributed by atoms with Crippen LogP contribution in [0.25, 0.3) is 0 Å². The summed E-state index contributed by atoms with van der Waals surface area (Å²) >= 11 is 11.1. The zero-order chi connectivity index (χ0) is 14.4. The molecule has 1 atom stereocenters. The number of anilines is 1. The van der Waals surface area contributed by atoms with E-state index in [4.69, 9.17) is 28.9 Å². The minimum absolute atomic E-state index is 0.0396. The third-order valence-corrected chi connectivity index (χ3v) is 3.14. The average molecular weight is 301 g/mol. The molecule has 0 spiro atoms. The summed E-state index contributed by atoms with van der Waals surface area (Å²) in [6, 6.07) is 5.27. The summed E-state index contributed by atoms with van der Waals surface area (Å²) in [6.45, 7) is 3.84. The van der Waals surface area contributed by atoms with E-state index >= 15 is 0 Å². The summed E-state index contributed by atoms with van der Waals surface area (Å²) < 4.78 is 0. The first kappa shape index (κ1) is 15.7. The number of benzene rings is 1. The molecule has 104 valence electrons. The van der Waals surface area contributed by atoms with Crippen molar-refractivity contribution >= 4 is 40.6 Å². The van der Waals surface area contributed by atoms with Crippen LogP contribution in [0.2, 0.25) is 5.02 Å². The van der Waals surface area contributed by atoms with E-state index in [0.29, 0.717) is 16.6 Å². The minimum atomic E-state index is -0.843. The lowest BCUT2D eigenvalue weighted by atomic mass is 10.1. The molecule has 1 aromatic rings. The van der Waals surface area contributed by atoms with Crippen molar-refractivity contribution in [2.24, 2.45) is 0 Å². The predicted molar refractivity (Wildman–Crippen MR) is 81.9 cm³/mol. The Hall–Kier alpha value is -1.33. The summed E-state index contributed by atoms with van der Waals surface area (Å²) in [5, 5.41) is 15.9. The van der Waals surface area contributed by atoms with Gasteiger partial charge < -0.3 is 15.7 Å². The van der Waals surface area contributed by atoms with Gasteiger partial charge in [0.2, 0.25) is 0 Å². The molecule has 0 saturated heterocycles. The van der Waals surface area contributed by atoms with E-state index in [2.05, 4.69) is 10.6 Å². The molecule has 0 radical (unpaired) electrons. The van der Waals surface area contributed by atoms with Gasteiger partial charge in [-0.25, -0.2) is 0 Å². The van der Waals surface area contributed by atoms with Crippen molar-refractivity contribution < 1.29 is 9.90 Å². The number of hydrogen-bond acceptors (Lipinski definition) is 2. The molecule has 0 amide bonds. The average Bonchev–Trinajstić information content (AvgIpc) is 2.31. The van der Waals surface area contributed by atoms with E-state index in [0.717, 1.165) is 11.3 Å². The van der Waals surface area contributed by atoms with Gasteiger partial charge >= 0.3 is 5.97 Å². The molecule has 19 heavy (non-hydrogen) atoms. The molecular weight excluding hydrogens is 284 g/mol. The van der Waals surface area contributed by atoms with Crippen molar-refractivity contribution in [1.82, 2.24) is 5.32 Å². The van der Waals surface area contributed by atoms with Crippen LogP contribution in [0.4, 0.5) is 5.69 Å².